The van der Waals surface area contributed by atoms with Crippen molar-refractivity contribution in [2.45, 2.75) is 6.54 Å². The first-order valence-corrected chi connectivity index (χ1v) is 11.4. The second-order valence-electron chi connectivity index (χ2n) is 5.77. The lowest BCUT2D eigenvalue weighted by Crippen LogP contribution is -2.41. The monoisotopic (exact) mass is 453 g/mol. The molecule has 0 aliphatic carbocycles. The number of para-hydroxylation sites is 2. The van der Waals surface area contributed by atoms with Crippen LogP contribution in [0, 0.1) is 0 Å². The minimum Gasteiger partial charge on any atom is -0.370 e. The van der Waals surface area contributed by atoms with E-state index in [1.807, 2.05) is 0 Å². The normalized spacial score (nSPS) is 11.9. The molecule has 0 saturated carbocycles. The van der Waals surface area contributed by atoms with E-state index < -0.39 is 27.2 Å². The molecule has 0 heterocycles. The van der Waals surface area contributed by atoms with Crippen LogP contribution in [0.4, 0.5) is 0 Å². The average Bonchev–Trinajstić information content (AvgIpc) is 2.68. The Bertz CT molecular complexity index is 1080. The number of nitrogens with zero attached hydrogens (tertiary/aromatic N) is 1. The summed E-state index contributed by atoms with van der Waals surface area (Å²) in [6, 6.07) is 21.2. The largest absolute Gasteiger partial charge is 0.401 e. The molecule has 3 aromatic carbocycles. The van der Waals surface area contributed by atoms with Crippen LogP contribution in [0.15, 0.2) is 84.9 Å². The first-order chi connectivity index (χ1) is 13.8. The maximum Gasteiger partial charge on any atom is 0.401 e. The molecule has 3 rings (SSSR count). The van der Waals surface area contributed by atoms with Crippen molar-refractivity contribution in [1.82, 2.24) is 3.71 Å². The van der Waals surface area contributed by atoms with Gasteiger partial charge in [-0.15, -0.1) is 0 Å². The van der Waals surface area contributed by atoms with Crippen LogP contribution >= 0.6 is 11.6 Å². The highest BCUT2D eigenvalue weighted by molar-refractivity contribution is 7.99. The molecule has 0 N–H and O–H groups in total. The Morgan fingerprint density at radius 1 is 0.655 bits per heavy atom. The molecule has 0 aliphatic rings. The van der Waals surface area contributed by atoms with Gasteiger partial charge in [0, 0.05) is 5.02 Å². The Balaban J connectivity index is 1.97. The van der Waals surface area contributed by atoms with Crippen LogP contribution in [0.25, 0.3) is 0 Å². The third-order valence-electron chi connectivity index (χ3n) is 3.61. The lowest BCUT2D eigenvalue weighted by Gasteiger charge is -2.21. The molecule has 0 aromatic heterocycles. The molecule has 0 aliphatic heterocycles. The van der Waals surface area contributed by atoms with Crippen LogP contribution in [0.1, 0.15) is 5.56 Å². The number of benzene rings is 3. The van der Waals surface area contributed by atoms with Gasteiger partial charge in [0.25, 0.3) is 0 Å². The van der Waals surface area contributed by atoms with E-state index in [1.165, 1.54) is 48.5 Å². The van der Waals surface area contributed by atoms with E-state index in [2.05, 4.69) is 0 Å². The van der Waals surface area contributed by atoms with Crippen LogP contribution in [0.3, 0.4) is 0 Å². The zero-order valence-corrected chi connectivity index (χ0v) is 17.3. The third kappa shape index (κ3) is 5.70. The average molecular weight is 454 g/mol. The SMILES string of the molecule is O=S(=O)(Oc1ccccc1)N(Cc1ccc(Cl)cc1)S(=O)(=O)Oc1ccccc1. The summed E-state index contributed by atoms with van der Waals surface area (Å²) in [5.41, 5.74) is 0.370. The standard InChI is InChI=1S/C19H16ClNO6S2/c20-17-13-11-16(12-14-17)15-21(28(22,23)26-18-7-3-1-4-8-18)29(24,25)27-19-9-5-2-6-10-19/h1-14H,15H2. The summed E-state index contributed by atoms with van der Waals surface area (Å²) in [6.07, 6.45) is 0. The summed E-state index contributed by atoms with van der Waals surface area (Å²) in [5.74, 6) is -0.0768. The van der Waals surface area contributed by atoms with Gasteiger partial charge in [-0.05, 0) is 45.7 Å². The van der Waals surface area contributed by atoms with E-state index in [-0.39, 0.29) is 15.2 Å². The van der Waals surface area contributed by atoms with Crippen molar-refractivity contribution in [3.05, 3.63) is 95.5 Å². The summed E-state index contributed by atoms with van der Waals surface area (Å²) in [6.45, 7) is -0.540. The van der Waals surface area contributed by atoms with Gasteiger partial charge in [-0.1, -0.05) is 60.1 Å². The maximum atomic E-state index is 12.8. The molecule has 29 heavy (non-hydrogen) atoms. The highest BCUT2D eigenvalue weighted by Gasteiger charge is 2.38. The van der Waals surface area contributed by atoms with Crippen molar-refractivity contribution >= 4 is 32.2 Å². The summed E-state index contributed by atoms with van der Waals surface area (Å²) >= 11 is 5.84. The minimum absolute atomic E-state index is 0.0384. The van der Waals surface area contributed by atoms with E-state index in [0.717, 1.165) is 0 Å². The van der Waals surface area contributed by atoms with Gasteiger partial charge in [-0.3, -0.25) is 0 Å². The molecule has 0 saturated heterocycles. The zero-order chi connectivity index (χ0) is 20.9. The fourth-order valence-corrected chi connectivity index (χ4v) is 4.98. The molecular weight excluding hydrogens is 438 g/mol. The summed E-state index contributed by atoms with van der Waals surface area (Å²) in [4.78, 5) is 0. The van der Waals surface area contributed by atoms with Gasteiger partial charge in [0.1, 0.15) is 11.5 Å². The summed E-state index contributed by atoms with van der Waals surface area (Å²) in [7, 11) is -9.55. The van der Waals surface area contributed by atoms with Crippen molar-refractivity contribution in [3.63, 3.8) is 0 Å². The van der Waals surface area contributed by atoms with E-state index in [4.69, 9.17) is 20.0 Å². The Morgan fingerprint density at radius 3 is 1.48 bits per heavy atom. The van der Waals surface area contributed by atoms with Crippen LogP contribution in [0.5, 0.6) is 11.5 Å². The molecule has 0 bridgehead atoms. The van der Waals surface area contributed by atoms with Gasteiger partial charge in [-0.2, -0.15) is 16.8 Å². The van der Waals surface area contributed by atoms with Crippen molar-refractivity contribution in [1.29, 1.82) is 0 Å². The highest BCUT2D eigenvalue weighted by atomic mass is 35.5. The lowest BCUT2D eigenvalue weighted by molar-refractivity contribution is 0.387. The topological polar surface area (TPSA) is 90.0 Å². The van der Waals surface area contributed by atoms with Gasteiger partial charge < -0.3 is 8.37 Å². The Labute approximate surface area is 174 Å². The second kappa shape index (κ2) is 8.83. The number of hydrogen-bond acceptors (Lipinski definition) is 6. The molecule has 0 fully saturated rings. The fraction of sp³-hybridized carbons (Fsp3) is 0.0526. The van der Waals surface area contributed by atoms with E-state index in [0.29, 0.717) is 10.6 Å². The zero-order valence-electron chi connectivity index (χ0n) is 14.9. The highest BCUT2D eigenvalue weighted by Crippen LogP contribution is 2.23. The molecule has 0 unspecified atom stereocenters. The molecular formula is C19H16ClNO6S2. The molecule has 3 aromatic rings. The fourth-order valence-electron chi connectivity index (χ4n) is 2.29. The first-order valence-electron chi connectivity index (χ1n) is 8.27. The first kappa shape index (κ1) is 21.1. The number of halogens is 1. The Hall–Kier alpha value is -2.59. The van der Waals surface area contributed by atoms with Crippen molar-refractivity contribution in [2.75, 3.05) is 0 Å². The van der Waals surface area contributed by atoms with Crippen molar-refractivity contribution in [2.24, 2.45) is 0 Å². The van der Waals surface area contributed by atoms with Crippen LogP contribution in [-0.2, 0) is 27.2 Å². The Kier molecular flexibility index (Phi) is 6.43. The van der Waals surface area contributed by atoms with Gasteiger partial charge in [-0.25, -0.2) is 0 Å². The predicted octanol–water partition coefficient (Wildman–Crippen LogP) is 3.79. The molecule has 7 nitrogen and oxygen atoms in total. The van der Waals surface area contributed by atoms with Crippen molar-refractivity contribution in [3.8, 4) is 11.5 Å². The summed E-state index contributed by atoms with van der Waals surface area (Å²) < 4.78 is 61.5. The second-order valence-corrected chi connectivity index (χ2v) is 9.36. The van der Waals surface area contributed by atoms with Crippen LogP contribution < -0.4 is 8.37 Å². The Morgan fingerprint density at radius 2 is 1.07 bits per heavy atom. The maximum absolute atomic E-state index is 12.8. The smallest absolute Gasteiger partial charge is 0.370 e. The molecule has 0 radical (unpaired) electrons. The molecule has 0 amide bonds. The number of rotatable bonds is 8. The minimum atomic E-state index is -4.77. The van der Waals surface area contributed by atoms with E-state index in [9.17, 15) is 16.8 Å². The predicted molar refractivity (Wildman–Crippen MR) is 109 cm³/mol. The van der Waals surface area contributed by atoms with Crippen LogP contribution in [-0.4, -0.2) is 20.5 Å². The third-order valence-corrected chi connectivity index (χ3v) is 7.02. The molecule has 152 valence electrons. The molecule has 10 heteroatoms. The van der Waals surface area contributed by atoms with Crippen LogP contribution in [0.2, 0.25) is 5.02 Å². The van der Waals surface area contributed by atoms with Gasteiger partial charge >= 0.3 is 20.6 Å². The van der Waals surface area contributed by atoms with Gasteiger partial charge in [0.15, 0.2) is 0 Å². The quantitative estimate of drug-likeness (QED) is 0.515. The van der Waals surface area contributed by atoms with Gasteiger partial charge in [0.05, 0.1) is 6.54 Å². The van der Waals surface area contributed by atoms with E-state index in [1.54, 1.807) is 36.4 Å². The number of hydrogen-bond donors (Lipinski definition) is 0. The molecule has 0 spiro atoms. The summed E-state index contributed by atoms with van der Waals surface area (Å²) in [5, 5.41) is 0.423. The molecule has 0 atom stereocenters. The van der Waals surface area contributed by atoms with Gasteiger partial charge in [0.2, 0.25) is 0 Å². The lowest BCUT2D eigenvalue weighted by atomic mass is 10.2. The van der Waals surface area contributed by atoms with E-state index >= 15 is 0 Å². The van der Waals surface area contributed by atoms with Crippen molar-refractivity contribution < 1.29 is 25.2 Å².